The lowest BCUT2D eigenvalue weighted by molar-refractivity contribution is -0.127. The number of aryl methyl sites for hydroxylation is 1. The van der Waals surface area contributed by atoms with Gasteiger partial charge in [-0.3, -0.25) is 14.9 Å². The van der Waals surface area contributed by atoms with Gasteiger partial charge in [-0.05, 0) is 33.8 Å². The summed E-state index contributed by atoms with van der Waals surface area (Å²) in [6.07, 6.45) is -1.22. The van der Waals surface area contributed by atoms with Crippen LogP contribution in [0.15, 0.2) is 48.5 Å². The highest BCUT2D eigenvalue weighted by Crippen LogP contribution is 2.17. The molecule has 7 nitrogen and oxygen atoms in total. The first-order chi connectivity index (χ1) is 13.7. The Morgan fingerprint density at radius 3 is 2.03 bits per heavy atom. The topological polar surface area (TPSA) is 102 Å². The second-order valence-corrected chi connectivity index (χ2v) is 6.91. The second kappa shape index (κ2) is 9.64. The number of urea groups is 1. The first kappa shape index (κ1) is 21.8. The van der Waals surface area contributed by atoms with Crippen LogP contribution in [0.5, 0.6) is 0 Å². The van der Waals surface area contributed by atoms with Gasteiger partial charge in [-0.1, -0.05) is 48.0 Å². The van der Waals surface area contributed by atoms with Crippen molar-refractivity contribution in [2.24, 2.45) is 0 Å². The van der Waals surface area contributed by atoms with Crippen LogP contribution in [-0.2, 0) is 9.53 Å². The fourth-order valence-electron chi connectivity index (χ4n) is 2.51. The summed E-state index contributed by atoms with van der Waals surface area (Å²) in [6, 6.07) is 12.4. The van der Waals surface area contributed by atoms with E-state index in [1.165, 1.54) is 19.1 Å². The van der Waals surface area contributed by atoms with Crippen LogP contribution in [0.2, 0.25) is 0 Å². The second-order valence-electron chi connectivity index (χ2n) is 6.91. The fourth-order valence-corrected chi connectivity index (χ4v) is 2.51. The zero-order valence-corrected chi connectivity index (χ0v) is 16.8. The molecule has 0 aliphatic rings. The van der Waals surface area contributed by atoms with Crippen molar-refractivity contribution < 1.29 is 23.9 Å². The molecule has 1 atom stereocenters. The lowest BCUT2D eigenvalue weighted by atomic mass is 9.98. The molecule has 0 fully saturated rings. The molecule has 2 aromatic carbocycles. The number of carbonyl (C=O) groups is 4. The van der Waals surface area contributed by atoms with Crippen LogP contribution in [0.4, 0.5) is 4.79 Å². The van der Waals surface area contributed by atoms with Crippen molar-refractivity contribution in [1.29, 1.82) is 0 Å². The SMILES string of the molecule is Cc1ccc(C(=O)c2ccccc2C(=O)OC(C)C(=O)NC(=O)NC(C)C)cc1. The number of hydrogen-bond donors (Lipinski definition) is 2. The number of ether oxygens (including phenoxy) is 1. The Labute approximate surface area is 169 Å². The average molecular weight is 396 g/mol. The van der Waals surface area contributed by atoms with Crippen LogP contribution >= 0.6 is 0 Å². The van der Waals surface area contributed by atoms with Gasteiger partial charge in [0.05, 0.1) is 5.56 Å². The van der Waals surface area contributed by atoms with Crippen molar-refractivity contribution in [2.45, 2.75) is 39.8 Å². The number of nitrogens with one attached hydrogen (secondary N) is 2. The number of imide groups is 1. The Morgan fingerprint density at radius 2 is 1.45 bits per heavy atom. The summed E-state index contributed by atoms with van der Waals surface area (Å²) in [5, 5.41) is 4.61. The number of rotatable bonds is 6. The molecule has 7 heteroatoms. The van der Waals surface area contributed by atoms with Crippen LogP contribution < -0.4 is 10.6 Å². The number of carbonyl (C=O) groups excluding carboxylic acids is 4. The van der Waals surface area contributed by atoms with Gasteiger partial charge in [0, 0.05) is 17.2 Å². The lowest BCUT2D eigenvalue weighted by Gasteiger charge is -2.15. The molecule has 1 unspecified atom stereocenters. The van der Waals surface area contributed by atoms with E-state index < -0.39 is 24.0 Å². The first-order valence-electron chi connectivity index (χ1n) is 9.21. The Hall–Kier alpha value is -3.48. The van der Waals surface area contributed by atoms with Crippen LogP contribution in [0, 0.1) is 6.92 Å². The smallest absolute Gasteiger partial charge is 0.339 e. The molecule has 2 aromatic rings. The van der Waals surface area contributed by atoms with Gasteiger partial charge in [-0.2, -0.15) is 0 Å². The van der Waals surface area contributed by atoms with E-state index in [4.69, 9.17) is 4.74 Å². The molecule has 3 amide bonds. The molecule has 0 heterocycles. The minimum absolute atomic E-state index is 0.0457. The van der Waals surface area contributed by atoms with E-state index in [1.54, 1.807) is 38.1 Å². The highest BCUT2D eigenvalue weighted by molar-refractivity contribution is 6.14. The van der Waals surface area contributed by atoms with Gasteiger partial charge in [0.25, 0.3) is 5.91 Å². The van der Waals surface area contributed by atoms with Crippen molar-refractivity contribution in [3.63, 3.8) is 0 Å². The van der Waals surface area contributed by atoms with Gasteiger partial charge in [-0.15, -0.1) is 0 Å². The minimum atomic E-state index is -1.22. The van der Waals surface area contributed by atoms with Crippen molar-refractivity contribution in [2.75, 3.05) is 0 Å². The molecule has 0 aliphatic heterocycles. The standard InChI is InChI=1S/C22H24N2O5/c1-13(2)23-22(28)24-20(26)15(4)29-21(27)18-8-6-5-7-17(18)19(25)16-11-9-14(3)10-12-16/h5-13,15H,1-4H3,(H2,23,24,26,28). The molecule has 0 radical (unpaired) electrons. The molecule has 0 spiro atoms. The normalized spacial score (nSPS) is 11.5. The van der Waals surface area contributed by atoms with Gasteiger partial charge in [-0.25, -0.2) is 9.59 Å². The lowest BCUT2D eigenvalue weighted by Crippen LogP contribution is -2.46. The number of ketones is 1. The fraction of sp³-hybridized carbons (Fsp3) is 0.273. The van der Waals surface area contributed by atoms with Gasteiger partial charge in [0.1, 0.15) is 0 Å². The van der Waals surface area contributed by atoms with Crippen LogP contribution in [-0.4, -0.2) is 35.8 Å². The molecular formula is C22H24N2O5. The number of amides is 3. The number of hydrogen-bond acceptors (Lipinski definition) is 5. The molecule has 29 heavy (non-hydrogen) atoms. The van der Waals surface area contributed by atoms with E-state index in [-0.39, 0.29) is 23.0 Å². The maximum atomic E-state index is 12.8. The van der Waals surface area contributed by atoms with E-state index in [9.17, 15) is 19.2 Å². The van der Waals surface area contributed by atoms with Crippen LogP contribution in [0.25, 0.3) is 0 Å². The first-order valence-corrected chi connectivity index (χ1v) is 9.21. The molecule has 2 N–H and O–H groups in total. The van der Waals surface area contributed by atoms with Crippen molar-refractivity contribution in [3.05, 3.63) is 70.8 Å². The number of benzene rings is 2. The van der Waals surface area contributed by atoms with Gasteiger partial charge in [0.15, 0.2) is 11.9 Å². The minimum Gasteiger partial charge on any atom is -0.449 e. The molecule has 0 aliphatic carbocycles. The summed E-state index contributed by atoms with van der Waals surface area (Å²) < 4.78 is 5.17. The molecule has 0 aromatic heterocycles. The Bertz CT molecular complexity index is 919. The summed E-state index contributed by atoms with van der Waals surface area (Å²) in [7, 11) is 0. The van der Waals surface area contributed by atoms with E-state index in [1.807, 2.05) is 19.1 Å². The summed E-state index contributed by atoms with van der Waals surface area (Å²) in [4.78, 5) is 49.1. The van der Waals surface area contributed by atoms with Gasteiger partial charge >= 0.3 is 12.0 Å². The maximum Gasteiger partial charge on any atom is 0.339 e. The van der Waals surface area contributed by atoms with Gasteiger partial charge in [0.2, 0.25) is 0 Å². The van der Waals surface area contributed by atoms with Crippen LogP contribution in [0.1, 0.15) is 52.6 Å². The summed E-state index contributed by atoms with van der Waals surface area (Å²) in [5.41, 5.74) is 1.67. The highest BCUT2D eigenvalue weighted by atomic mass is 16.5. The average Bonchev–Trinajstić information content (AvgIpc) is 2.67. The molecule has 152 valence electrons. The third-order valence-electron chi connectivity index (χ3n) is 4.01. The Balaban J connectivity index is 2.13. The molecular weight excluding hydrogens is 372 g/mol. The summed E-state index contributed by atoms with van der Waals surface area (Å²) in [6.45, 7) is 6.75. The van der Waals surface area contributed by atoms with Crippen molar-refractivity contribution >= 4 is 23.7 Å². The van der Waals surface area contributed by atoms with Crippen molar-refractivity contribution in [3.8, 4) is 0 Å². The predicted octanol–water partition coefficient (Wildman–Crippen LogP) is 3.01. The predicted molar refractivity (Wildman–Crippen MR) is 108 cm³/mol. The Kier molecular flexibility index (Phi) is 7.25. The van der Waals surface area contributed by atoms with E-state index >= 15 is 0 Å². The Morgan fingerprint density at radius 1 is 0.862 bits per heavy atom. The van der Waals surface area contributed by atoms with E-state index in [0.29, 0.717) is 5.56 Å². The maximum absolute atomic E-state index is 12.8. The number of esters is 1. The summed E-state index contributed by atoms with van der Waals surface area (Å²) in [5.74, 6) is -1.92. The van der Waals surface area contributed by atoms with E-state index in [2.05, 4.69) is 10.6 Å². The van der Waals surface area contributed by atoms with E-state index in [0.717, 1.165) is 5.56 Å². The molecule has 2 rings (SSSR count). The monoisotopic (exact) mass is 396 g/mol. The van der Waals surface area contributed by atoms with Crippen molar-refractivity contribution in [1.82, 2.24) is 10.6 Å². The molecule has 0 bridgehead atoms. The van der Waals surface area contributed by atoms with Crippen LogP contribution in [0.3, 0.4) is 0 Å². The molecule has 0 saturated heterocycles. The zero-order chi connectivity index (χ0) is 21.6. The summed E-state index contributed by atoms with van der Waals surface area (Å²) >= 11 is 0. The third-order valence-corrected chi connectivity index (χ3v) is 4.01. The largest absolute Gasteiger partial charge is 0.449 e. The molecule has 0 saturated carbocycles. The highest BCUT2D eigenvalue weighted by Gasteiger charge is 2.24. The zero-order valence-electron chi connectivity index (χ0n) is 16.8. The quantitative estimate of drug-likeness (QED) is 0.577. The van der Waals surface area contributed by atoms with Gasteiger partial charge < -0.3 is 10.1 Å². The third kappa shape index (κ3) is 6.00.